The molecule has 2 amide bonds. The molecule has 9 heteroatoms. The van der Waals surface area contributed by atoms with Crippen molar-refractivity contribution in [1.82, 2.24) is 0 Å². The van der Waals surface area contributed by atoms with Crippen LogP contribution in [0.5, 0.6) is 0 Å². The van der Waals surface area contributed by atoms with Crippen LogP contribution in [0.4, 0.5) is 21.9 Å². The minimum atomic E-state index is -0.675. The zero-order valence-corrected chi connectivity index (χ0v) is 16.1. The van der Waals surface area contributed by atoms with Crippen LogP contribution >= 0.6 is 11.3 Å². The molecule has 0 saturated heterocycles. The van der Waals surface area contributed by atoms with Crippen LogP contribution in [0, 0.1) is 0 Å². The lowest BCUT2D eigenvalue weighted by Crippen LogP contribution is -2.25. The largest absolute Gasteiger partial charge is 0.465 e. The van der Waals surface area contributed by atoms with E-state index in [-0.39, 0.29) is 10.6 Å². The number of amides is 2. The van der Waals surface area contributed by atoms with Gasteiger partial charge in [0.25, 0.3) is 0 Å². The number of carbonyl (C=O) groups is 2. The molecule has 2 aromatic heterocycles. The van der Waals surface area contributed by atoms with Crippen molar-refractivity contribution in [2.75, 3.05) is 29.6 Å². The van der Waals surface area contributed by atoms with Gasteiger partial charge in [-0.05, 0) is 30.0 Å². The summed E-state index contributed by atoms with van der Waals surface area (Å²) in [6, 6.07) is 7.97. The van der Waals surface area contributed by atoms with Crippen LogP contribution < -0.4 is 21.6 Å². The summed E-state index contributed by atoms with van der Waals surface area (Å²) in [5.41, 5.74) is 0.526. The first-order valence-corrected chi connectivity index (χ1v) is 9.46. The molecule has 0 aliphatic rings. The molecule has 28 heavy (non-hydrogen) atoms. The average molecular weight is 401 g/mol. The maximum absolute atomic E-state index is 12.5. The summed E-state index contributed by atoms with van der Waals surface area (Å²) in [6.07, 6.45) is 0.831. The molecular formula is C19H19N3O5S. The summed E-state index contributed by atoms with van der Waals surface area (Å²) in [7, 11) is 1.26. The van der Waals surface area contributed by atoms with E-state index >= 15 is 0 Å². The monoisotopic (exact) mass is 401 g/mol. The fourth-order valence-corrected chi connectivity index (χ4v) is 3.39. The first kappa shape index (κ1) is 19.4. The second-order valence-corrected chi connectivity index (χ2v) is 6.71. The van der Waals surface area contributed by atoms with Crippen molar-refractivity contribution in [3.05, 3.63) is 51.0 Å². The van der Waals surface area contributed by atoms with Crippen LogP contribution in [-0.4, -0.2) is 25.7 Å². The second-order valence-electron chi connectivity index (χ2n) is 5.80. The molecule has 0 aliphatic carbocycles. The molecule has 0 radical (unpaired) electrons. The smallest absolute Gasteiger partial charge is 0.362 e. The molecule has 146 valence electrons. The van der Waals surface area contributed by atoms with E-state index < -0.39 is 17.6 Å². The van der Waals surface area contributed by atoms with Crippen LogP contribution in [0.15, 0.2) is 44.9 Å². The highest BCUT2D eigenvalue weighted by atomic mass is 32.1. The number of nitrogens with one attached hydrogen (secondary N) is 3. The number of esters is 1. The molecule has 0 bridgehead atoms. The van der Waals surface area contributed by atoms with Crippen LogP contribution in [0.25, 0.3) is 11.0 Å². The van der Waals surface area contributed by atoms with Gasteiger partial charge in [0.2, 0.25) is 0 Å². The van der Waals surface area contributed by atoms with Crippen molar-refractivity contribution in [1.29, 1.82) is 0 Å². The van der Waals surface area contributed by atoms with E-state index in [1.165, 1.54) is 7.11 Å². The fraction of sp³-hybridized carbons (Fsp3) is 0.211. The minimum Gasteiger partial charge on any atom is -0.465 e. The number of methoxy groups -OCH3 is 1. The molecule has 0 aliphatic heterocycles. The Labute approximate surface area is 164 Å². The lowest BCUT2D eigenvalue weighted by molar-refractivity contribution is 0.0607. The van der Waals surface area contributed by atoms with Gasteiger partial charge in [0, 0.05) is 11.9 Å². The van der Waals surface area contributed by atoms with Crippen molar-refractivity contribution in [2.24, 2.45) is 0 Å². The lowest BCUT2D eigenvalue weighted by atomic mass is 10.2. The SMILES string of the molecule is CCCNc1c(NC(=O)Nc2ccsc2C(=O)OC)c(=O)oc2ccccc12. The van der Waals surface area contributed by atoms with Crippen LogP contribution in [0.3, 0.4) is 0 Å². The van der Waals surface area contributed by atoms with Gasteiger partial charge in [0.15, 0.2) is 5.69 Å². The van der Waals surface area contributed by atoms with E-state index in [2.05, 4.69) is 16.0 Å². The van der Waals surface area contributed by atoms with Gasteiger partial charge in [-0.15, -0.1) is 11.3 Å². The molecule has 3 N–H and O–H groups in total. The molecule has 0 atom stereocenters. The molecule has 0 unspecified atom stereocenters. The van der Waals surface area contributed by atoms with E-state index in [9.17, 15) is 14.4 Å². The van der Waals surface area contributed by atoms with Crippen molar-refractivity contribution in [3.8, 4) is 0 Å². The Balaban J connectivity index is 1.92. The number of para-hydroxylation sites is 1. The fourth-order valence-electron chi connectivity index (χ4n) is 2.62. The number of anilines is 3. The summed E-state index contributed by atoms with van der Waals surface area (Å²) in [4.78, 5) is 36.9. The molecule has 3 aromatic rings. The molecule has 3 rings (SSSR count). The Bertz CT molecular complexity index is 1070. The highest BCUT2D eigenvalue weighted by Crippen LogP contribution is 2.29. The molecule has 2 heterocycles. The quantitative estimate of drug-likeness (QED) is 0.424. The van der Waals surface area contributed by atoms with Crippen molar-refractivity contribution in [3.63, 3.8) is 0 Å². The van der Waals surface area contributed by atoms with E-state index in [1.807, 2.05) is 13.0 Å². The van der Waals surface area contributed by atoms with Crippen LogP contribution in [0.1, 0.15) is 23.0 Å². The van der Waals surface area contributed by atoms with Gasteiger partial charge in [0.1, 0.15) is 10.5 Å². The third-order valence-corrected chi connectivity index (χ3v) is 4.78. The Morgan fingerprint density at radius 2 is 1.93 bits per heavy atom. The van der Waals surface area contributed by atoms with E-state index in [1.54, 1.807) is 29.6 Å². The van der Waals surface area contributed by atoms with Gasteiger partial charge in [0.05, 0.1) is 18.5 Å². The highest BCUT2D eigenvalue weighted by Gasteiger charge is 2.19. The zero-order chi connectivity index (χ0) is 20.1. The average Bonchev–Trinajstić information content (AvgIpc) is 3.15. The van der Waals surface area contributed by atoms with E-state index in [4.69, 9.17) is 9.15 Å². The number of ether oxygens (including phenoxy) is 1. The number of thiophene rings is 1. The number of hydrogen-bond acceptors (Lipinski definition) is 7. The number of rotatable bonds is 6. The minimum absolute atomic E-state index is 0.000465. The van der Waals surface area contributed by atoms with Gasteiger partial charge in [-0.3, -0.25) is 5.32 Å². The number of carbonyl (C=O) groups excluding carboxylic acids is 2. The number of benzene rings is 1. The van der Waals surface area contributed by atoms with Crippen LogP contribution in [0.2, 0.25) is 0 Å². The summed E-state index contributed by atoms with van der Waals surface area (Å²) in [5, 5.41) is 10.6. The molecular weight excluding hydrogens is 382 g/mol. The summed E-state index contributed by atoms with van der Waals surface area (Å²) in [5.74, 6) is -0.555. The Morgan fingerprint density at radius 3 is 2.68 bits per heavy atom. The second kappa shape index (κ2) is 8.57. The van der Waals surface area contributed by atoms with Gasteiger partial charge >= 0.3 is 17.6 Å². The van der Waals surface area contributed by atoms with Crippen molar-refractivity contribution < 1.29 is 18.7 Å². The van der Waals surface area contributed by atoms with Crippen molar-refractivity contribution >= 4 is 51.4 Å². The number of hydrogen-bond donors (Lipinski definition) is 3. The first-order chi connectivity index (χ1) is 13.5. The van der Waals surface area contributed by atoms with Gasteiger partial charge < -0.3 is 19.8 Å². The van der Waals surface area contributed by atoms with Crippen molar-refractivity contribution in [2.45, 2.75) is 13.3 Å². The third-order valence-electron chi connectivity index (χ3n) is 3.89. The number of fused-ring (bicyclic) bond motifs is 1. The Morgan fingerprint density at radius 1 is 1.14 bits per heavy atom. The Kier molecular flexibility index (Phi) is 5.95. The highest BCUT2D eigenvalue weighted by molar-refractivity contribution is 7.12. The maximum atomic E-state index is 12.5. The van der Waals surface area contributed by atoms with E-state index in [0.29, 0.717) is 28.9 Å². The predicted octanol–water partition coefficient (Wildman–Crippen LogP) is 4.11. The summed E-state index contributed by atoms with van der Waals surface area (Å²) >= 11 is 1.14. The molecule has 0 spiro atoms. The van der Waals surface area contributed by atoms with E-state index in [0.717, 1.165) is 17.8 Å². The number of urea groups is 1. The van der Waals surface area contributed by atoms with Gasteiger partial charge in [-0.2, -0.15) is 0 Å². The normalized spacial score (nSPS) is 10.5. The Hall–Kier alpha value is -3.33. The summed E-state index contributed by atoms with van der Waals surface area (Å²) in [6.45, 7) is 2.60. The first-order valence-electron chi connectivity index (χ1n) is 8.58. The van der Waals surface area contributed by atoms with Crippen LogP contribution in [-0.2, 0) is 4.74 Å². The molecule has 0 saturated carbocycles. The topological polar surface area (TPSA) is 110 Å². The molecule has 0 fully saturated rings. The molecule has 1 aromatic carbocycles. The maximum Gasteiger partial charge on any atom is 0.362 e. The molecule has 8 nitrogen and oxygen atoms in total. The standard InChI is InChI=1S/C19H19N3O5S/c1-3-9-20-14-11-6-4-5-7-13(11)27-17(23)15(14)22-19(25)21-12-8-10-28-16(12)18(24)26-2/h4-8,10,20H,3,9H2,1-2H3,(H2,21,22,25). The predicted molar refractivity (Wildman–Crippen MR) is 110 cm³/mol. The zero-order valence-electron chi connectivity index (χ0n) is 15.3. The lowest BCUT2D eigenvalue weighted by Gasteiger charge is -2.14. The summed E-state index contributed by atoms with van der Waals surface area (Å²) < 4.78 is 10.0. The third kappa shape index (κ3) is 3.99. The van der Waals surface area contributed by atoms with Gasteiger partial charge in [-0.25, -0.2) is 14.4 Å². The van der Waals surface area contributed by atoms with Gasteiger partial charge in [-0.1, -0.05) is 19.1 Å².